The molecule has 1 heterocycles. The summed E-state index contributed by atoms with van der Waals surface area (Å²) in [5.41, 5.74) is 2.07. The van der Waals surface area contributed by atoms with Crippen molar-refractivity contribution in [2.24, 2.45) is 0 Å². The van der Waals surface area contributed by atoms with Crippen molar-refractivity contribution in [1.82, 2.24) is 4.90 Å². The molecule has 0 bridgehead atoms. The molecule has 132 valence electrons. The van der Waals surface area contributed by atoms with Gasteiger partial charge in [0, 0.05) is 36.9 Å². The fraction of sp³-hybridized carbons (Fsp3) is 0.316. The van der Waals surface area contributed by atoms with Crippen LogP contribution >= 0.6 is 23.8 Å². The number of para-hydroxylation sites is 2. The molecule has 1 fully saturated rings. The molecule has 25 heavy (non-hydrogen) atoms. The quantitative estimate of drug-likeness (QED) is 0.806. The Kier molecular flexibility index (Phi) is 6.00. The lowest BCUT2D eigenvalue weighted by Gasteiger charge is -2.37. The molecule has 0 aliphatic carbocycles. The number of nitrogens with zero attached hydrogens (tertiary/aromatic N) is 2. The van der Waals surface area contributed by atoms with Crippen molar-refractivity contribution < 1.29 is 4.74 Å². The summed E-state index contributed by atoms with van der Waals surface area (Å²) in [5, 5.41) is 4.82. The molecular weight excluding hydrogens is 354 g/mol. The summed E-state index contributed by atoms with van der Waals surface area (Å²) in [6, 6.07) is 15.9. The highest BCUT2D eigenvalue weighted by atomic mass is 35.5. The highest BCUT2D eigenvalue weighted by Crippen LogP contribution is 2.25. The van der Waals surface area contributed by atoms with Gasteiger partial charge in [0.25, 0.3) is 0 Å². The molecule has 1 aliphatic rings. The van der Waals surface area contributed by atoms with Gasteiger partial charge in [0.1, 0.15) is 5.75 Å². The Morgan fingerprint density at radius 3 is 2.60 bits per heavy atom. The number of piperazine rings is 1. The average Bonchev–Trinajstić information content (AvgIpc) is 2.64. The molecule has 4 nitrogen and oxygen atoms in total. The average molecular weight is 376 g/mol. The second-order valence-electron chi connectivity index (χ2n) is 5.81. The highest BCUT2D eigenvalue weighted by molar-refractivity contribution is 7.80. The molecule has 2 aromatic carbocycles. The summed E-state index contributed by atoms with van der Waals surface area (Å²) in [4.78, 5) is 4.53. The van der Waals surface area contributed by atoms with Crippen LogP contribution in [0.5, 0.6) is 5.75 Å². The summed E-state index contributed by atoms with van der Waals surface area (Å²) >= 11 is 11.7. The van der Waals surface area contributed by atoms with Crippen molar-refractivity contribution in [3.05, 3.63) is 53.6 Å². The Hall–Kier alpha value is -1.98. The van der Waals surface area contributed by atoms with Crippen LogP contribution in [0.1, 0.15) is 6.92 Å². The predicted octanol–water partition coefficient (Wildman–Crippen LogP) is 4.26. The van der Waals surface area contributed by atoms with Crippen LogP contribution in [0.4, 0.5) is 11.4 Å². The lowest BCUT2D eigenvalue weighted by atomic mass is 10.2. The lowest BCUT2D eigenvalue weighted by Crippen LogP contribution is -2.50. The maximum Gasteiger partial charge on any atom is 0.173 e. The Bertz CT molecular complexity index is 732. The van der Waals surface area contributed by atoms with E-state index in [2.05, 4.69) is 21.2 Å². The zero-order valence-electron chi connectivity index (χ0n) is 14.2. The van der Waals surface area contributed by atoms with Crippen molar-refractivity contribution in [3.8, 4) is 5.75 Å². The summed E-state index contributed by atoms with van der Waals surface area (Å²) in [6.07, 6.45) is 0. The molecule has 0 saturated carbocycles. The molecule has 0 unspecified atom stereocenters. The minimum absolute atomic E-state index is 0.629. The second-order valence-corrected chi connectivity index (χ2v) is 6.64. The van der Waals surface area contributed by atoms with Crippen LogP contribution in [0, 0.1) is 0 Å². The smallest absolute Gasteiger partial charge is 0.173 e. The third kappa shape index (κ3) is 4.55. The minimum Gasteiger partial charge on any atom is -0.492 e. The number of hydrogen-bond acceptors (Lipinski definition) is 3. The Balaban J connectivity index is 1.59. The Labute approximate surface area is 159 Å². The van der Waals surface area contributed by atoms with Crippen LogP contribution in [0.3, 0.4) is 0 Å². The standard InChI is InChI=1S/C19H22ClN3OS/c1-2-24-18-9-4-3-8-17(18)21-19(25)23-12-10-22(11-13-23)16-7-5-6-15(20)14-16/h3-9,14H,2,10-13H2,1H3,(H,21,25). The largest absolute Gasteiger partial charge is 0.492 e. The van der Waals surface area contributed by atoms with E-state index in [0.29, 0.717) is 6.61 Å². The third-order valence-electron chi connectivity index (χ3n) is 4.17. The topological polar surface area (TPSA) is 27.7 Å². The molecule has 0 radical (unpaired) electrons. The Morgan fingerprint density at radius 1 is 1.12 bits per heavy atom. The van der Waals surface area contributed by atoms with Gasteiger partial charge in [0.05, 0.1) is 12.3 Å². The number of nitrogens with one attached hydrogen (secondary N) is 1. The number of anilines is 2. The zero-order chi connectivity index (χ0) is 17.6. The van der Waals surface area contributed by atoms with Crippen molar-refractivity contribution in [2.75, 3.05) is 43.0 Å². The second kappa shape index (κ2) is 8.41. The summed E-state index contributed by atoms with van der Waals surface area (Å²) in [5.74, 6) is 0.824. The van der Waals surface area contributed by atoms with Gasteiger partial charge in [-0.25, -0.2) is 0 Å². The van der Waals surface area contributed by atoms with Crippen LogP contribution in [-0.2, 0) is 0 Å². The molecule has 0 spiro atoms. The Morgan fingerprint density at radius 2 is 1.88 bits per heavy atom. The van der Waals surface area contributed by atoms with Crippen molar-refractivity contribution in [1.29, 1.82) is 0 Å². The lowest BCUT2D eigenvalue weighted by molar-refractivity contribution is 0.341. The van der Waals surface area contributed by atoms with Gasteiger partial charge >= 0.3 is 0 Å². The maximum atomic E-state index is 6.09. The van der Waals surface area contributed by atoms with E-state index in [1.54, 1.807) is 0 Å². The minimum atomic E-state index is 0.629. The predicted molar refractivity (Wildman–Crippen MR) is 109 cm³/mol. The molecular formula is C19H22ClN3OS. The third-order valence-corrected chi connectivity index (χ3v) is 4.76. The fourth-order valence-electron chi connectivity index (χ4n) is 2.89. The van der Waals surface area contributed by atoms with Gasteiger partial charge in [-0.1, -0.05) is 29.8 Å². The van der Waals surface area contributed by atoms with E-state index in [-0.39, 0.29) is 0 Å². The first-order chi connectivity index (χ1) is 12.2. The van der Waals surface area contributed by atoms with E-state index in [4.69, 9.17) is 28.6 Å². The normalized spacial score (nSPS) is 14.3. The van der Waals surface area contributed by atoms with Crippen LogP contribution in [0.15, 0.2) is 48.5 Å². The highest BCUT2D eigenvalue weighted by Gasteiger charge is 2.20. The molecule has 3 rings (SSSR count). The number of benzene rings is 2. The number of hydrogen-bond donors (Lipinski definition) is 1. The van der Waals surface area contributed by atoms with Crippen LogP contribution in [0.25, 0.3) is 0 Å². The molecule has 1 aliphatic heterocycles. The van der Waals surface area contributed by atoms with Crippen LogP contribution in [-0.4, -0.2) is 42.8 Å². The molecule has 1 saturated heterocycles. The van der Waals surface area contributed by atoms with E-state index < -0.39 is 0 Å². The first-order valence-corrected chi connectivity index (χ1v) is 9.24. The monoisotopic (exact) mass is 375 g/mol. The van der Waals surface area contributed by atoms with Crippen molar-refractivity contribution in [3.63, 3.8) is 0 Å². The first-order valence-electron chi connectivity index (χ1n) is 8.45. The summed E-state index contributed by atoms with van der Waals surface area (Å²) in [7, 11) is 0. The summed E-state index contributed by atoms with van der Waals surface area (Å²) < 4.78 is 5.65. The van der Waals surface area contributed by atoms with Gasteiger partial charge in [-0.05, 0) is 49.5 Å². The molecule has 0 aromatic heterocycles. The van der Waals surface area contributed by atoms with E-state index in [0.717, 1.165) is 53.4 Å². The number of ether oxygens (including phenoxy) is 1. The number of halogens is 1. The van der Waals surface area contributed by atoms with Gasteiger partial charge in [0.15, 0.2) is 5.11 Å². The van der Waals surface area contributed by atoms with Gasteiger partial charge in [0.2, 0.25) is 0 Å². The summed E-state index contributed by atoms with van der Waals surface area (Å²) in [6.45, 7) is 6.17. The van der Waals surface area contributed by atoms with Gasteiger partial charge < -0.3 is 19.9 Å². The first kappa shape index (κ1) is 17.8. The number of thiocarbonyl (C=S) groups is 1. The van der Waals surface area contributed by atoms with E-state index in [1.165, 1.54) is 0 Å². The van der Waals surface area contributed by atoms with Gasteiger partial charge in [-0.15, -0.1) is 0 Å². The fourth-order valence-corrected chi connectivity index (χ4v) is 3.36. The molecule has 6 heteroatoms. The van der Waals surface area contributed by atoms with Crippen molar-refractivity contribution in [2.45, 2.75) is 6.92 Å². The van der Waals surface area contributed by atoms with Gasteiger partial charge in [-0.3, -0.25) is 0 Å². The van der Waals surface area contributed by atoms with Crippen molar-refractivity contribution >= 4 is 40.3 Å². The SMILES string of the molecule is CCOc1ccccc1NC(=S)N1CCN(c2cccc(Cl)c2)CC1. The maximum absolute atomic E-state index is 6.09. The van der Waals surface area contributed by atoms with E-state index in [1.807, 2.05) is 49.4 Å². The zero-order valence-corrected chi connectivity index (χ0v) is 15.8. The van der Waals surface area contributed by atoms with E-state index >= 15 is 0 Å². The number of rotatable bonds is 4. The van der Waals surface area contributed by atoms with Gasteiger partial charge in [-0.2, -0.15) is 0 Å². The molecule has 0 amide bonds. The van der Waals surface area contributed by atoms with Crippen LogP contribution < -0.4 is 15.0 Å². The molecule has 2 aromatic rings. The molecule has 1 N–H and O–H groups in total. The van der Waals surface area contributed by atoms with Crippen LogP contribution in [0.2, 0.25) is 5.02 Å². The van der Waals surface area contributed by atoms with E-state index in [9.17, 15) is 0 Å². The molecule has 0 atom stereocenters.